The molecule has 1 aliphatic rings. The van der Waals surface area contributed by atoms with Gasteiger partial charge in [-0.15, -0.1) is 0 Å². The Labute approximate surface area is 123 Å². The van der Waals surface area contributed by atoms with Crippen molar-refractivity contribution >= 4 is 5.69 Å². The fourth-order valence-corrected chi connectivity index (χ4v) is 3.03. The van der Waals surface area contributed by atoms with Gasteiger partial charge in [0.25, 0.3) is 5.69 Å². The molecule has 6 nitrogen and oxygen atoms in total. The summed E-state index contributed by atoms with van der Waals surface area (Å²) in [5.41, 5.74) is 4.60. The minimum absolute atomic E-state index is 0.175. The number of aromatic nitrogens is 3. The molecule has 110 valence electrons. The number of pyridine rings is 1. The van der Waals surface area contributed by atoms with Crippen LogP contribution in [0.1, 0.15) is 41.1 Å². The molecule has 0 amide bonds. The van der Waals surface area contributed by atoms with Gasteiger partial charge in [-0.3, -0.25) is 15.1 Å². The van der Waals surface area contributed by atoms with Crippen molar-refractivity contribution < 1.29 is 4.92 Å². The van der Waals surface area contributed by atoms with E-state index in [2.05, 4.69) is 14.5 Å². The second-order valence-corrected chi connectivity index (χ2v) is 5.59. The average molecular weight is 286 g/mol. The maximum Gasteiger partial charge on any atom is 0.278 e. The van der Waals surface area contributed by atoms with Gasteiger partial charge in [0.05, 0.1) is 34.7 Å². The van der Waals surface area contributed by atoms with Crippen LogP contribution in [0, 0.1) is 24.0 Å². The van der Waals surface area contributed by atoms with Crippen LogP contribution in [0.2, 0.25) is 0 Å². The van der Waals surface area contributed by atoms with Crippen LogP contribution in [0.5, 0.6) is 0 Å². The lowest BCUT2D eigenvalue weighted by Crippen LogP contribution is -2.11. The minimum atomic E-state index is -0.320. The first-order valence-corrected chi connectivity index (χ1v) is 7.20. The Morgan fingerprint density at radius 2 is 2.05 bits per heavy atom. The predicted octanol–water partition coefficient (Wildman–Crippen LogP) is 2.73. The highest BCUT2D eigenvalue weighted by molar-refractivity contribution is 5.47. The van der Waals surface area contributed by atoms with E-state index in [4.69, 9.17) is 0 Å². The molecule has 0 aromatic carbocycles. The Morgan fingerprint density at radius 1 is 1.29 bits per heavy atom. The van der Waals surface area contributed by atoms with Crippen LogP contribution in [0.3, 0.4) is 0 Å². The first-order chi connectivity index (χ1) is 10.1. The highest BCUT2D eigenvalue weighted by Crippen LogP contribution is 2.26. The normalized spacial score (nSPS) is 14.0. The third-order valence-electron chi connectivity index (χ3n) is 4.19. The predicted molar refractivity (Wildman–Crippen MR) is 78.3 cm³/mol. The molecular weight excluding hydrogens is 268 g/mol. The fraction of sp³-hybridized carbons (Fsp3) is 0.467. The van der Waals surface area contributed by atoms with E-state index in [-0.39, 0.29) is 10.6 Å². The van der Waals surface area contributed by atoms with Gasteiger partial charge in [0.1, 0.15) is 0 Å². The molecule has 3 rings (SSSR count). The number of nitrogens with zero attached hydrogens (tertiary/aromatic N) is 4. The van der Waals surface area contributed by atoms with Crippen molar-refractivity contribution in [2.24, 2.45) is 0 Å². The van der Waals surface area contributed by atoms with Gasteiger partial charge in [-0.25, -0.2) is 4.98 Å². The van der Waals surface area contributed by atoms with E-state index in [0.29, 0.717) is 17.7 Å². The van der Waals surface area contributed by atoms with Gasteiger partial charge in [-0.1, -0.05) is 0 Å². The van der Waals surface area contributed by atoms with Crippen molar-refractivity contribution in [3.8, 4) is 0 Å². The Morgan fingerprint density at radius 3 is 2.81 bits per heavy atom. The van der Waals surface area contributed by atoms with E-state index < -0.39 is 0 Å². The maximum atomic E-state index is 11.2. The monoisotopic (exact) mass is 286 g/mol. The van der Waals surface area contributed by atoms with Crippen molar-refractivity contribution in [2.75, 3.05) is 0 Å². The zero-order valence-electron chi connectivity index (χ0n) is 12.3. The van der Waals surface area contributed by atoms with Crippen molar-refractivity contribution in [3.05, 3.63) is 50.8 Å². The second kappa shape index (κ2) is 5.27. The van der Waals surface area contributed by atoms with Crippen molar-refractivity contribution in [1.29, 1.82) is 0 Å². The van der Waals surface area contributed by atoms with Crippen LogP contribution in [0.4, 0.5) is 5.69 Å². The lowest BCUT2D eigenvalue weighted by molar-refractivity contribution is -0.386. The molecule has 2 aromatic rings. The summed E-state index contributed by atoms with van der Waals surface area (Å²) in [6.07, 6.45) is 7.86. The molecule has 0 N–H and O–H groups in total. The number of nitro groups is 1. The molecule has 0 saturated heterocycles. The fourth-order valence-electron chi connectivity index (χ4n) is 3.03. The SMILES string of the molecule is Cc1cnc(Cn2cnc3c2CCCC3)c(C)c1[N+](=O)[O-]. The van der Waals surface area contributed by atoms with Gasteiger partial charge < -0.3 is 4.57 Å². The largest absolute Gasteiger partial charge is 0.328 e. The first kappa shape index (κ1) is 13.7. The number of aryl methyl sites for hydroxylation is 2. The van der Waals surface area contributed by atoms with Crippen LogP contribution >= 0.6 is 0 Å². The molecule has 21 heavy (non-hydrogen) atoms. The maximum absolute atomic E-state index is 11.2. The summed E-state index contributed by atoms with van der Waals surface area (Å²) in [5, 5.41) is 11.2. The van der Waals surface area contributed by atoms with Gasteiger partial charge >= 0.3 is 0 Å². The Hall–Kier alpha value is -2.24. The standard InChI is InChI=1S/C15H18N4O2/c1-10-7-16-13(11(2)15(10)19(20)21)8-18-9-17-12-5-3-4-6-14(12)18/h7,9H,3-6,8H2,1-2H3. The number of imidazole rings is 1. The third-order valence-corrected chi connectivity index (χ3v) is 4.19. The van der Waals surface area contributed by atoms with Crippen LogP contribution < -0.4 is 0 Å². The summed E-state index contributed by atoms with van der Waals surface area (Å²) in [7, 11) is 0. The number of hydrogen-bond donors (Lipinski definition) is 0. The van der Waals surface area contributed by atoms with E-state index in [1.54, 1.807) is 20.0 Å². The number of rotatable bonds is 3. The van der Waals surface area contributed by atoms with Crippen LogP contribution in [0.15, 0.2) is 12.5 Å². The Balaban J connectivity index is 1.97. The molecule has 6 heteroatoms. The first-order valence-electron chi connectivity index (χ1n) is 7.20. The van der Waals surface area contributed by atoms with E-state index in [1.165, 1.54) is 24.2 Å². The highest BCUT2D eigenvalue weighted by atomic mass is 16.6. The average Bonchev–Trinajstić information content (AvgIpc) is 2.85. The Kier molecular flexibility index (Phi) is 3.45. The molecule has 1 aliphatic carbocycles. The summed E-state index contributed by atoms with van der Waals surface area (Å²) >= 11 is 0. The molecule has 2 aromatic heterocycles. The molecule has 2 heterocycles. The highest BCUT2D eigenvalue weighted by Gasteiger charge is 2.21. The second-order valence-electron chi connectivity index (χ2n) is 5.59. The lowest BCUT2D eigenvalue weighted by Gasteiger charge is -2.14. The zero-order chi connectivity index (χ0) is 15.0. The number of fused-ring (bicyclic) bond motifs is 1. The van der Waals surface area contributed by atoms with Crippen molar-refractivity contribution in [3.63, 3.8) is 0 Å². The molecule has 0 atom stereocenters. The summed E-state index contributed by atoms with van der Waals surface area (Å²) in [5.74, 6) is 0. The van der Waals surface area contributed by atoms with Gasteiger partial charge in [0, 0.05) is 17.5 Å². The minimum Gasteiger partial charge on any atom is -0.328 e. The van der Waals surface area contributed by atoms with Crippen molar-refractivity contribution in [2.45, 2.75) is 46.1 Å². The molecule has 0 aliphatic heterocycles. The quantitative estimate of drug-likeness (QED) is 0.642. The summed E-state index contributed by atoms with van der Waals surface area (Å²) in [6.45, 7) is 4.05. The number of hydrogen-bond acceptors (Lipinski definition) is 4. The topological polar surface area (TPSA) is 73.8 Å². The van der Waals surface area contributed by atoms with Crippen molar-refractivity contribution in [1.82, 2.24) is 14.5 Å². The van der Waals surface area contributed by atoms with Crippen LogP contribution in [-0.4, -0.2) is 19.5 Å². The summed E-state index contributed by atoms with van der Waals surface area (Å²) in [4.78, 5) is 19.7. The molecule has 0 spiro atoms. The van der Waals surface area contributed by atoms with Crippen LogP contribution in [-0.2, 0) is 19.4 Å². The van der Waals surface area contributed by atoms with E-state index in [0.717, 1.165) is 18.5 Å². The van der Waals surface area contributed by atoms with E-state index >= 15 is 0 Å². The molecule has 0 radical (unpaired) electrons. The van der Waals surface area contributed by atoms with Crippen LogP contribution in [0.25, 0.3) is 0 Å². The van der Waals surface area contributed by atoms with Gasteiger partial charge in [-0.05, 0) is 39.5 Å². The molecule has 0 fully saturated rings. The zero-order valence-corrected chi connectivity index (χ0v) is 12.3. The van der Waals surface area contributed by atoms with E-state index in [1.807, 2.05) is 6.33 Å². The summed E-state index contributed by atoms with van der Waals surface area (Å²) < 4.78 is 2.09. The molecule has 0 unspecified atom stereocenters. The third kappa shape index (κ3) is 2.41. The molecule has 0 bridgehead atoms. The van der Waals surface area contributed by atoms with Gasteiger partial charge in [0.15, 0.2) is 0 Å². The van der Waals surface area contributed by atoms with E-state index in [9.17, 15) is 10.1 Å². The van der Waals surface area contributed by atoms with Gasteiger partial charge in [-0.2, -0.15) is 0 Å². The smallest absolute Gasteiger partial charge is 0.278 e. The Bertz CT molecular complexity index is 706. The molecular formula is C15H18N4O2. The lowest BCUT2D eigenvalue weighted by atomic mass is 10.0. The van der Waals surface area contributed by atoms with Gasteiger partial charge in [0.2, 0.25) is 0 Å². The molecule has 0 saturated carbocycles. The summed E-state index contributed by atoms with van der Waals surface area (Å²) in [6, 6.07) is 0.